The van der Waals surface area contributed by atoms with Gasteiger partial charge < -0.3 is 5.11 Å². The highest BCUT2D eigenvalue weighted by Gasteiger charge is 2.29. The number of likely N-dealkylation sites (tertiary alicyclic amines) is 1. The molecule has 1 N–H and O–H groups in total. The minimum Gasteiger partial charge on any atom is -0.508 e. The molecule has 0 bridgehead atoms. The molecule has 1 saturated heterocycles. The number of rotatable bonds is 2. The molecule has 2 unspecified atom stereocenters. The molecule has 1 aromatic carbocycles. The second-order valence-electron chi connectivity index (χ2n) is 7.77. The third-order valence-corrected chi connectivity index (χ3v) is 5.17. The zero-order chi connectivity index (χ0) is 15.6. The van der Waals surface area contributed by atoms with Gasteiger partial charge in [-0.05, 0) is 63.6 Å². The van der Waals surface area contributed by atoms with Gasteiger partial charge in [0.25, 0.3) is 0 Å². The van der Waals surface area contributed by atoms with Crippen molar-refractivity contribution in [1.29, 1.82) is 0 Å². The molecule has 118 valence electrons. The molecule has 1 fully saturated rings. The molecule has 0 radical (unpaired) electrons. The number of nitrogens with zero attached hydrogens (tertiary/aromatic N) is 1. The Morgan fingerprint density at radius 3 is 2.57 bits per heavy atom. The second-order valence-corrected chi connectivity index (χ2v) is 7.77. The second kappa shape index (κ2) is 6.39. The van der Waals surface area contributed by atoms with Gasteiger partial charge in [0.2, 0.25) is 0 Å². The van der Waals surface area contributed by atoms with Crippen molar-refractivity contribution in [2.75, 3.05) is 13.1 Å². The molecule has 1 aromatic rings. The van der Waals surface area contributed by atoms with Gasteiger partial charge in [0.1, 0.15) is 5.75 Å². The van der Waals surface area contributed by atoms with E-state index in [9.17, 15) is 5.11 Å². The lowest BCUT2D eigenvalue weighted by Crippen LogP contribution is -2.29. The van der Waals surface area contributed by atoms with E-state index in [-0.39, 0.29) is 0 Å². The van der Waals surface area contributed by atoms with E-state index in [2.05, 4.69) is 45.6 Å². The number of hydrogen-bond acceptors (Lipinski definition) is 2. The van der Waals surface area contributed by atoms with Crippen molar-refractivity contribution in [1.82, 2.24) is 4.90 Å². The number of benzene rings is 1. The normalized spacial score (nSPS) is 22.8. The molecule has 0 spiro atoms. The van der Waals surface area contributed by atoms with Gasteiger partial charge in [-0.2, -0.15) is 0 Å². The van der Waals surface area contributed by atoms with E-state index in [4.69, 9.17) is 0 Å². The van der Waals surface area contributed by atoms with Crippen LogP contribution >= 0.6 is 0 Å². The summed E-state index contributed by atoms with van der Waals surface area (Å²) in [5.41, 5.74) is 2.70. The molecule has 1 aliphatic heterocycles. The summed E-state index contributed by atoms with van der Waals surface area (Å²) in [6.07, 6.45) is 3.85. The Morgan fingerprint density at radius 2 is 1.90 bits per heavy atom. The molecule has 0 aliphatic carbocycles. The summed E-state index contributed by atoms with van der Waals surface area (Å²) in [7, 11) is 0. The van der Waals surface area contributed by atoms with E-state index in [1.54, 1.807) is 0 Å². The molecule has 0 amide bonds. The van der Waals surface area contributed by atoms with Gasteiger partial charge in [0, 0.05) is 11.6 Å². The maximum absolute atomic E-state index is 10.2. The summed E-state index contributed by atoms with van der Waals surface area (Å²) >= 11 is 0. The predicted octanol–water partition coefficient (Wildman–Crippen LogP) is 4.91. The van der Waals surface area contributed by atoms with Gasteiger partial charge in [-0.15, -0.1) is 0 Å². The maximum atomic E-state index is 10.2. The molecule has 21 heavy (non-hydrogen) atoms. The number of aromatic hydroxyl groups is 1. The van der Waals surface area contributed by atoms with Crippen molar-refractivity contribution in [2.45, 2.75) is 59.9 Å². The number of hydrogen-bond donors (Lipinski definition) is 1. The van der Waals surface area contributed by atoms with E-state index in [1.165, 1.54) is 24.8 Å². The smallest absolute Gasteiger partial charge is 0.120 e. The zero-order valence-electron chi connectivity index (χ0n) is 14.3. The van der Waals surface area contributed by atoms with Crippen molar-refractivity contribution in [3.8, 4) is 5.75 Å². The molecular formula is C19H31NO. The van der Waals surface area contributed by atoms with E-state index in [1.807, 2.05) is 12.1 Å². The average Bonchev–Trinajstić information content (AvgIpc) is 2.66. The van der Waals surface area contributed by atoms with Crippen molar-refractivity contribution < 1.29 is 5.11 Å². The summed E-state index contributed by atoms with van der Waals surface area (Å²) in [5, 5.41) is 10.2. The monoisotopic (exact) mass is 289 g/mol. The van der Waals surface area contributed by atoms with Crippen LogP contribution in [0.4, 0.5) is 0 Å². The Kier molecular flexibility index (Phi) is 4.98. The maximum Gasteiger partial charge on any atom is 0.120 e. The fraction of sp³-hybridized carbons (Fsp3) is 0.684. The van der Waals surface area contributed by atoms with E-state index >= 15 is 0 Å². The number of phenols is 1. The first-order valence-electron chi connectivity index (χ1n) is 8.32. The lowest BCUT2D eigenvalue weighted by molar-refractivity contribution is 0.188. The van der Waals surface area contributed by atoms with Crippen molar-refractivity contribution in [3.63, 3.8) is 0 Å². The predicted molar refractivity (Wildman–Crippen MR) is 89.6 cm³/mol. The lowest BCUT2D eigenvalue weighted by Gasteiger charge is -2.31. The highest BCUT2D eigenvalue weighted by atomic mass is 16.3. The third kappa shape index (κ3) is 4.00. The molecule has 2 atom stereocenters. The molecule has 0 saturated carbocycles. The zero-order valence-corrected chi connectivity index (χ0v) is 14.3. The molecule has 1 aliphatic rings. The summed E-state index contributed by atoms with van der Waals surface area (Å²) < 4.78 is 0. The van der Waals surface area contributed by atoms with Crippen molar-refractivity contribution in [2.24, 2.45) is 11.3 Å². The van der Waals surface area contributed by atoms with Gasteiger partial charge in [-0.1, -0.05) is 38.5 Å². The van der Waals surface area contributed by atoms with E-state index in [0.717, 1.165) is 24.6 Å². The van der Waals surface area contributed by atoms with E-state index in [0.29, 0.717) is 17.2 Å². The van der Waals surface area contributed by atoms with Crippen LogP contribution in [0.1, 0.15) is 64.1 Å². The molecule has 1 heterocycles. The minimum atomic E-state index is 0.295. The van der Waals surface area contributed by atoms with Crippen LogP contribution < -0.4 is 0 Å². The van der Waals surface area contributed by atoms with Gasteiger partial charge in [-0.3, -0.25) is 4.90 Å². The Bertz CT molecular complexity index is 475. The topological polar surface area (TPSA) is 23.5 Å². The molecule has 2 heteroatoms. The van der Waals surface area contributed by atoms with Gasteiger partial charge in [-0.25, -0.2) is 0 Å². The first-order chi connectivity index (χ1) is 9.79. The summed E-state index contributed by atoms with van der Waals surface area (Å²) in [6, 6.07) is 6.23. The first-order valence-corrected chi connectivity index (χ1v) is 8.32. The first kappa shape index (κ1) is 16.4. The summed E-state index contributed by atoms with van der Waals surface area (Å²) in [4.78, 5) is 2.54. The summed E-state index contributed by atoms with van der Waals surface area (Å²) in [5.74, 6) is 1.24. The lowest BCUT2D eigenvalue weighted by atomic mass is 9.77. The van der Waals surface area contributed by atoms with Gasteiger partial charge in [0.05, 0.1) is 0 Å². The molecule has 0 aromatic heterocycles. The molecule has 2 rings (SSSR count). The summed E-state index contributed by atoms with van der Waals surface area (Å²) in [6.45, 7) is 13.7. The van der Waals surface area contributed by atoms with Crippen LogP contribution in [0.25, 0.3) is 0 Å². The minimum absolute atomic E-state index is 0.295. The van der Waals surface area contributed by atoms with E-state index < -0.39 is 0 Å². The van der Waals surface area contributed by atoms with Crippen LogP contribution in [0.2, 0.25) is 0 Å². The van der Waals surface area contributed by atoms with Crippen LogP contribution in [-0.4, -0.2) is 23.1 Å². The quantitative estimate of drug-likeness (QED) is 0.836. The van der Waals surface area contributed by atoms with Crippen LogP contribution in [0.5, 0.6) is 5.75 Å². The molecule has 2 nitrogen and oxygen atoms in total. The Hall–Kier alpha value is -1.02. The highest BCUT2D eigenvalue weighted by Crippen LogP contribution is 2.37. The van der Waals surface area contributed by atoms with Crippen molar-refractivity contribution in [3.05, 3.63) is 29.3 Å². The SMILES string of the molecule is Cc1ccc(O)c(C(C)N2CCCC(C(C)(C)C)CC2)c1. The third-order valence-electron chi connectivity index (χ3n) is 5.17. The van der Waals surface area contributed by atoms with Crippen LogP contribution in [0.3, 0.4) is 0 Å². The molecular weight excluding hydrogens is 258 g/mol. The van der Waals surface area contributed by atoms with Gasteiger partial charge in [0.15, 0.2) is 0 Å². The Balaban J connectivity index is 2.10. The van der Waals surface area contributed by atoms with Gasteiger partial charge >= 0.3 is 0 Å². The fourth-order valence-electron chi connectivity index (χ4n) is 3.58. The average molecular weight is 289 g/mol. The highest BCUT2D eigenvalue weighted by molar-refractivity contribution is 5.37. The number of aryl methyl sites for hydroxylation is 1. The van der Waals surface area contributed by atoms with Crippen LogP contribution in [0, 0.1) is 18.3 Å². The van der Waals surface area contributed by atoms with Crippen LogP contribution in [0.15, 0.2) is 18.2 Å². The Morgan fingerprint density at radius 1 is 1.19 bits per heavy atom. The fourth-order valence-corrected chi connectivity index (χ4v) is 3.58. The Labute approximate surface area is 130 Å². The largest absolute Gasteiger partial charge is 0.508 e. The van der Waals surface area contributed by atoms with Crippen LogP contribution in [-0.2, 0) is 0 Å². The van der Waals surface area contributed by atoms with Crippen molar-refractivity contribution >= 4 is 0 Å². The number of phenolic OH excluding ortho intramolecular Hbond substituents is 1. The standard InChI is InChI=1S/C19H31NO/c1-14-8-9-18(21)17(13-14)15(2)20-11-6-7-16(10-12-20)19(3,4)5/h8-9,13,15-16,21H,6-7,10-12H2,1-5H3.